The first kappa shape index (κ1) is 14.7. The Bertz CT molecular complexity index is 497. The molecule has 0 radical (unpaired) electrons. The van der Waals surface area contributed by atoms with E-state index in [0.717, 1.165) is 32.5 Å². The molecule has 0 N–H and O–H groups in total. The minimum Gasteiger partial charge on any atom is -0.479 e. The van der Waals surface area contributed by atoms with Crippen LogP contribution in [0.3, 0.4) is 0 Å². The Morgan fingerprint density at radius 1 is 1.29 bits per heavy atom. The number of esters is 1. The van der Waals surface area contributed by atoms with Crippen LogP contribution in [0.5, 0.6) is 5.75 Å². The van der Waals surface area contributed by atoms with E-state index in [9.17, 15) is 4.79 Å². The normalized spacial score (nSPS) is 29.0. The second-order valence-electron chi connectivity index (χ2n) is 5.83. The van der Waals surface area contributed by atoms with E-state index in [0.29, 0.717) is 16.7 Å². The smallest absolute Gasteiger partial charge is 0.347 e. The van der Waals surface area contributed by atoms with E-state index in [1.165, 1.54) is 0 Å². The maximum Gasteiger partial charge on any atom is 0.347 e. The zero-order valence-electron chi connectivity index (χ0n) is 12.1. The molecule has 0 amide bonds. The quantitative estimate of drug-likeness (QED) is 0.802. The van der Waals surface area contributed by atoms with Gasteiger partial charge in [-0.1, -0.05) is 11.6 Å². The van der Waals surface area contributed by atoms with E-state index >= 15 is 0 Å². The minimum atomic E-state index is -0.610. The largest absolute Gasteiger partial charge is 0.479 e. The highest BCUT2D eigenvalue weighted by Crippen LogP contribution is 2.30. The molecule has 21 heavy (non-hydrogen) atoms. The van der Waals surface area contributed by atoms with Crippen LogP contribution in [0, 0.1) is 5.92 Å². The van der Waals surface area contributed by atoms with Crippen molar-refractivity contribution in [2.24, 2.45) is 5.92 Å². The van der Waals surface area contributed by atoms with Gasteiger partial charge < -0.3 is 9.47 Å². The third-order valence-electron chi connectivity index (χ3n) is 4.32. The lowest BCUT2D eigenvalue weighted by Crippen LogP contribution is -2.52. The van der Waals surface area contributed by atoms with Crippen LogP contribution >= 0.6 is 11.6 Å². The lowest BCUT2D eigenvalue weighted by Gasteiger charge is -2.44. The molecule has 5 heteroatoms. The molecule has 114 valence electrons. The lowest BCUT2D eigenvalue weighted by molar-refractivity contribution is -0.166. The van der Waals surface area contributed by atoms with E-state index in [-0.39, 0.29) is 12.1 Å². The van der Waals surface area contributed by atoms with Gasteiger partial charge in [0.1, 0.15) is 11.9 Å². The highest BCUT2D eigenvalue weighted by Gasteiger charge is 2.37. The van der Waals surface area contributed by atoms with Crippen molar-refractivity contribution in [2.45, 2.75) is 32.0 Å². The number of carbonyl (C=O) groups is 1. The molecule has 3 fully saturated rings. The predicted molar refractivity (Wildman–Crippen MR) is 80.6 cm³/mol. The number of fused-ring (bicyclic) bond motifs is 3. The number of hydrogen-bond acceptors (Lipinski definition) is 4. The molecule has 0 saturated carbocycles. The summed E-state index contributed by atoms with van der Waals surface area (Å²) in [4.78, 5) is 14.5. The lowest BCUT2D eigenvalue weighted by atomic mass is 9.86. The average Bonchev–Trinajstić information content (AvgIpc) is 2.50. The van der Waals surface area contributed by atoms with Gasteiger partial charge in [-0.2, -0.15) is 0 Å². The second-order valence-corrected chi connectivity index (χ2v) is 6.26. The molecule has 3 aliphatic rings. The van der Waals surface area contributed by atoms with Crippen molar-refractivity contribution in [2.75, 3.05) is 19.6 Å². The van der Waals surface area contributed by atoms with Gasteiger partial charge in [0.05, 0.1) is 0 Å². The maximum absolute atomic E-state index is 12.2. The molecule has 3 saturated heterocycles. The number of benzene rings is 1. The van der Waals surface area contributed by atoms with Crippen molar-refractivity contribution in [3.63, 3.8) is 0 Å². The minimum absolute atomic E-state index is 0.0243. The Kier molecular flexibility index (Phi) is 4.36. The molecule has 1 aromatic carbocycles. The Morgan fingerprint density at radius 3 is 2.52 bits per heavy atom. The zero-order chi connectivity index (χ0) is 14.8. The molecule has 1 aromatic rings. The maximum atomic E-state index is 12.2. The van der Waals surface area contributed by atoms with Crippen LogP contribution in [-0.4, -0.2) is 42.7 Å². The van der Waals surface area contributed by atoms with E-state index in [2.05, 4.69) is 4.90 Å². The van der Waals surface area contributed by atoms with Crippen LogP contribution in [0.4, 0.5) is 0 Å². The molecule has 2 bridgehead atoms. The summed E-state index contributed by atoms with van der Waals surface area (Å²) in [6, 6.07) is 6.98. The first-order chi connectivity index (χ1) is 10.1. The monoisotopic (exact) mass is 309 g/mol. The van der Waals surface area contributed by atoms with Crippen LogP contribution in [-0.2, 0) is 9.53 Å². The summed E-state index contributed by atoms with van der Waals surface area (Å²) in [5, 5.41) is 0.643. The fourth-order valence-corrected chi connectivity index (χ4v) is 3.18. The number of halogens is 1. The summed E-state index contributed by atoms with van der Waals surface area (Å²) < 4.78 is 11.3. The van der Waals surface area contributed by atoms with Gasteiger partial charge >= 0.3 is 5.97 Å². The van der Waals surface area contributed by atoms with E-state index in [1.807, 2.05) is 0 Å². The standard InChI is InChI=1S/C16H20ClNO3/c1-11(20-14-4-2-13(17)3-5-14)16(19)21-15-10-18-8-6-12(15)7-9-18/h2-5,11-12,15H,6-10H2,1H3/t11?,15-/m1/s1. The van der Waals surface area contributed by atoms with Crippen molar-refractivity contribution >= 4 is 17.6 Å². The number of ether oxygens (including phenoxy) is 2. The Labute approximate surface area is 130 Å². The summed E-state index contributed by atoms with van der Waals surface area (Å²) in [5.74, 6) is 0.850. The third-order valence-corrected chi connectivity index (χ3v) is 4.57. The fraction of sp³-hybridized carbons (Fsp3) is 0.562. The molecular formula is C16H20ClNO3. The average molecular weight is 310 g/mol. The highest BCUT2D eigenvalue weighted by molar-refractivity contribution is 6.30. The Hall–Kier alpha value is -1.26. The van der Waals surface area contributed by atoms with Crippen molar-refractivity contribution in [3.05, 3.63) is 29.3 Å². The Balaban J connectivity index is 1.54. The molecule has 4 nitrogen and oxygen atoms in total. The van der Waals surface area contributed by atoms with Gasteiger partial charge in [0.15, 0.2) is 6.10 Å². The molecule has 0 aliphatic carbocycles. The summed E-state index contributed by atoms with van der Waals surface area (Å²) >= 11 is 5.82. The van der Waals surface area contributed by atoms with Crippen molar-refractivity contribution < 1.29 is 14.3 Å². The summed E-state index contributed by atoms with van der Waals surface area (Å²) in [6.45, 7) is 4.85. The van der Waals surface area contributed by atoms with Crippen molar-refractivity contribution in [3.8, 4) is 5.75 Å². The number of carbonyl (C=O) groups excluding carboxylic acids is 1. The van der Waals surface area contributed by atoms with Gasteiger partial charge in [-0.15, -0.1) is 0 Å². The first-order valence-corrected chi connectivity index (χ1v) is 7.84. The van der Waals surface area contributed by atoms with E-state index in [1.54, 1.807) is 31.2 Å². The van der Waals surface area contributed by atoms with E-state index < -0.39 is 6.10 Å². The summed E-state index contributed by atoms with van der Waals surface area (Å²) in [7, 11) is 0. The first-order valence-electron chi connectivity index (χ1n) is 7.47. The fourth-order valence-electron chi connectivity index (χ4n) is 3.05. The molecule has 3 heterocycles. The molecule has 0 aromatic heterocycles. The number of rotatable bonds is 4. The van der Waals surface area contributed by atoms with Gasteiger partial charge in [-0.25, -0.2) is 4.79 Å². The van der Waals surface area contributed by atoms with Gasteiger partial charge in [0, 0.05) is 11.6 Å². The molecule has 0 spiro atoms. The van der Waals surface area contributed by atoms with Crippen LogP contribution in [0.1, 0.15) is 19.8 Å². The van der Waals surface area contributed by atoms with Crippen molar-refractivity contribution in [1.82, 2.24) is 4.90 Å². The number of piperidine rings is 3. The summed E-state index contributed by atoms with van der Waals surface area (Å²) in [6.07, 6.45) is 1.67. The van der Waals surface area contributed by atoms with Crippen LogP contribution < -0.4 is 4.74 Å². The predicted octanol–water partition coefficient (Wildman–Crippen LogP) is 2.74. The zero-order valence-corrected chi connectivity index (χ0v) is 12.9. The third kappa shape index (κ3) is 3.50. The number of nitrogens with zero attached hydrogens (tertiary/aromatic N) is 1. The molecule has 1 unspecified atom stereocenters. The highest BCUT2D eigenvalue weighted by atomic mass is 35.5. The van der Waals surface area contributed by atoms with Crippen LogP contribution in [0.15, 0.2) is 24.3 Å². The summed E-state index contributed by atoms with van der Waals surface area (Å²) in [5.41, 5.74) is 0. The molecule has 4 rings (SSSR count). The van der Waals surface area contributed by atoms with E-state index in [4.69, 9.17) is 21.1 Å². The topological polar surface area (TPSA) is 38.8 Å². The molecule has 3 aliphatic heterocycles. The van der Waals surface area contributed by atoms with Gasteiger partial charge in [-0.3, -0.25) is 4.90 Å². The van der Waals surface area contributed by atoms with Gasteiger partial charge in [0.2, 0.25) is 0 Å². The van der Waals surface area contributed by atoms with Crippen molar-refractivity contribution in [1.29, 1.82) is 0 Å². The van der Waals surface area contributed by atoms with Gasteiger partial charge in [0.25, 0.3) is 0 Å². The SMILES string of the molecule is CC(Oc1ccc(Cl)cc1)C(=O)O[C@@H]1CN2CCC1CC2. The molecule has 2 atom stereocenters. The van der Waals surface area contributed by atoms with Gasteiger partial charge in [-0.05, 0) is 63.0 Å². The van der Waals surface area contributed by atoms with Crippen LogP contribution in [0.25, 0.3) is 0 Å². The molecular weight excluding hydrogens is 290 g/mol. The van der Waals surface area contributed by atoms with Crippen LogP contribution in [0.2, 0.25) is 5.02 Å². The number of hydrogen-bond donors (Lipinski definition) is 0. The second kappa shape index (κ2) is 6.24. The Morgan fingerprint density at radius 2 is 1.95 bits per heavy atom.